The van der Waals surface area contributed by atoms with Crippen LogP contribution in [-0.2, 0) is 16.7 Å². The molecule has 6 heteroatoms. The second-order valence-electron chi connectivity index (χ2n) is 9.08. The monoisotopic (exact) mass is 409 g/mol. The van der Waals surface area contributed by atoms with Crippen molar-refractivity contribution in [2.45, 2.75) is 38.6 Å². The van der Waals surface area contributed by atoms with Gasteiger partial charge in [-0.3, -0.25) is 4.98 Å². The molecule has 0 bridgehead atoms. The first-order chi connectivity index (χ1) is 14.4. The molecular formula is C24H31N3O3. The minimum atomic E-state index is -0.300. The van der Waals surface area contributed by atoms with Crippen LogP contribution in [-0.4, -0.2) is 49.3 Å². The van der Waals surface area contributed by atoms with Crippen LogP contribution in [0.15, 0.2) is 42.7 Å². The number of hydrogen-bond donors (Lipinski definition) is 0. The van der Waals surface area contributed by atoms with Gasteiger partial charge in [-0.05, 0) is 60.2 Å². The molecule has 2 aliphatic heterocycles. The lowest BCUT2D eigenvalue weighted by molar-refractivity contribution is 0.0559. The third kappa shape index (κ3) is 4.59. The van der Waals surface area contributed by atoms with Crippen molar-refractivity contribution in [3.8, 4) is 5.75 Å². The van der Waals surface area contributed by atoms with Crippen LogP contribution in [0, 0.1) is 5.92 Å². The molecule has 2 aliphatic rings. The van der Waals surface area contributed by atoms with Crippen molar-refractivity contribution >= 4 is 11.8 Å². The van der Waals surface area contributed by atoms with Gasteiger partial charge in [-0.1, -0.05) is 13.8 Å². The molecule has 0 atom stereocenters. The van der Waals surface area contributed by atoms with Gasteiger partial charge in [0.25, 0.3) is 0 Å². The Kier molecular flexibility index (Phi) is 5.95. The van der Waals surface area contributed by atoms with E-state index in [1.54, 1.807) is 4.90 Å². The van der Waals surface area contributed by atoms with E-state index in [4.69, 9.17) is 9.47 Å². The van der Waals surface area contributed by atoms with Gasteiger partial charge in [0.2, 0.25) is 0 Å². The van der Waals surface area contributed by atoms with Crippen molar-refractivity contribution in [2.75, 3.05) is 38.3 Å². The van der Waals surface area contributed by atoms with Gasteiger partial charge in [0, 0.05) is 63.4 Å². The molecule has 1 fully saturated rings. The molecule has 0 radical (unpaired) electrons. The van der Waals surface area contributed by atoms with Crippen molar-refractivity contribution in [2.24, 2.45) is 5.92 Å². The topological polar surface area (TPSA) is 54.9 Å². The van der Waals surface area contributed by atoms with Gasteiger partial charge >= 0.3 is 6.09 Å². The number of carbonyl (C=O) groups excluding carboxylic acids is 1. The van der Waals surface area contributed by atoms with Gasteiger partial charge in [-0.25, -0.2) is 4.79 Å². The third-order valence-electron chi connectivity index (χ3n) is 6.14. The van der Waals surface area contributed by atoms with E-state index in [-0.39, 0.29) is 11.5 Å². The van der Waals surface area contributed by atoms with Crippen LogP contribution >= 0.6 is 0 Å². The van der Waals surface area contributed by atoms with E-state index in [1.807, 2.05) is 31.6 Å². The van der Waals surface area contributed by atoms with E-state index in [1.165, 1.54) is 16.8 Å². The highest BCUT2D eigenvalue weighted by Gasteiger charge is 2.35. The molecule has 2 aromatic rings. The molecule has 0 saturated carbocycles. The van der Waals surface area contributed by atoms with Crippen molar-refractivity contribution < 1.29 is 14.3 Å². The Morgan fingerprint density at radius 1 is 1.23 bits per heavy atom. The number of nitrogens with zero attached hydrogens (tertiary/aromatic N) is 3. The number of aromatic nitrogens is 1. The average molecular weight is 410 g/mol. The molecule has 0 aliphatic carbocycles. The standard InChI is InChI=1S/C24H31N3O3/c1-24(2)17-27(16-18-6-10-25-11-7-18)22-5-4-20(14-21(22)24)30-23(28)26(3)15-19-8-12-29-13-9-19/h4-7,10-11,14,19H,8-9,12-13,15-17H2,1-3H3. The van der Waals surface area contributed by atoms with Crippen LogP contribution in [0.5, 0.6) is 5.75 Å². The Labute approximate surface area is 178 Å². The van der Waals surface area contributed by atoms with E-state index in [0.29, 0.717) is 18.2 Å². The zero-order valence-corrected chi connectivity index (χ0v) is 18.1. The zero-order chi connectivity index (χ0) is 21.1. The molecule has 0 unspecified atom stereocenters. The summed E-state index contributed by atoms with van der Waals surface area (Å²) < 4.78 is 11.1. The Balaban J connectivity index is 1.44. The summed E-state index contributed by atoms with van der Waals surface area (Å²) in [6, 6.07) is 10.1. The normalized spacial score (nSPS) is 18.2. The van der Waals surface area contributed by atoms with Crippen molar-refractivity contribution in [1.82, 2.24) is 9.88 Å². The van der Waals surface area contributed by atoms with Gasteiger partial charge in [0.15, 0.2) is 0 Å². The zero-order valence-electron chi connectivity index (χ0n) is 18.1. The highest BCUT2D eigenvalue weighted by molar-refractivity contribution is 5.72. The first-order valence-corrected chi connectivity index (χ1v) is 10.7. The van der Waals surface area contributed by atoms with Crippen LogP contribution in [0.3, 0.4) is 0 Å². The number of benzene rings is 1. The lowest BCUT2D eigenvalue weighted by atomic mass is 9.87. The molecule has 160 valence electrons. The van der Waals surface area contributed by atoms with E-state index in [9.17, 15) is 4.79 Å². The predicted molar refractivity (Wildman–Crippen MR) is 117 cm³/mol. The molecule has 1 aromatic carbocycles. The van der Waals surface area contributed by atoms with Gasteiger partial charge in [0.05, 0.1) is 0 Å². The molecule has 1 saturated heterocycles. The maximum Gasteiger partial charge on any atom is 0.414 e. The summed E-state index contributed by atoms with van der Waals surface area (Å²) in [4.78, 5) is 20.8. The minimum absolute atomic E-state index is 0.0151. The average Bonchev–Trinajstić information content (AvgIpc) is 2.99. The lowest BCUT2D eigenvalue weighted by Gasteiger charge is -2.26. The number of fused-ring (bicyclic) bond motifs is 1. The number of amides is 1. The highest BCUT2D eigenvalue weighted by atomic mass is 16.6. The summed E-state index contributed by atoms with van der Waals surface area (Å²) in [6.45, 7) is 8.51. The molecule has 3 heterocycles. The summed E-state index contributed by atoms with van der Waals surface area (Å²) in [5, 5.41) is 0. The largest absolute Gasteiger partial charge is 0.414 e. The van der Waals surface area contributed by atoms with Crippen LogP contribution < -0.4 is 9.64 Å². The van der Waals surface area contributed by atoms with E-state index >= 15 is 0 Å². The summed E-state index contributed by atoms with van der Waals surface area (Å²) >= 11 is 0. The van der Waals surface area contributed by atoms with Crippen LogP contribution in [0.4, 0.5) is 10.5 Å². The Morgan fingerprint density at radius 3 is 2.70 bits per heavy atom. The predicted octanol–water partition coefficient (Wildman–Crippen LogP) is 4.24. The number of pyridine rings is 1. The van der Waals surface area contributed by atoms with E-state index in [0.717, 1.165) is 39.1 Å². The molecule has 1 amide bonds. The van der Waals surface area contributed by atoms with Gasteiger partial charge < -0.3 is 19.3 Å². The number of rotatable bonds is 5. The fourth-order valence-electron chi connectivity index (χ4n) is 4.46. The molecule has 1 aromatic heterocycles. The quantitative estimate of drug-likeness (QED) is 0.739. The Bertz CT molecular complexity index is 879. The van der Waals surface area contributed by atoms with Crippen molar-refractivity contribution in [3.63, 3.8) is 0 Å². The third-order valence-corrected chi connectivity index (χ3v) is 6.14. The highest BCUT2D eigenvalue weighted by Crippen LogP contribution is 2.42. The first kappa shape index (κ1) is 20.7. The first-order valence-electron chi connectivity index (χ1n) is 10.7. The fourth-order valence-corrected chi connectivity index (χ4v) is 4.46. The summed E-state index contributed by atoms with van der Waals surface area (Å²) in [6.07, 6.45) is 5.36. The molecule has 6 nitrogen and oxygen atoms in total. The number of ether oxygens (including phenoxy) is 2. The molecule has 4 rings (SSSR count). The minimum Gasteiger partial charge on any atom is -0.410 e. The lowest BCUT2D eigenvalue weighted by Crippen LogP contribution is -2.36. The summed E-state index contributed by atoms with van der Waals surface area (Å²) in [7, 11) is 1.81. The van der Waals surface area contributed by atoms with Crippen molar-refractivity contribution in [3.05, 3.63) is 53.9 Å². The van der Waals surface area contributed by atoms with E-state index in [2.05, 4.69) is 41.9 Å². The van der Waals surface area contributed by atoms with Gasteiger partial charge in [-0.2, -0.15) is 0 Å². The molecule has 0 spiro atoms. The maximum atomic E-state index is 12.6. The SMILES string of the molecule is CN(CC1CCOCC1)C(=O)Oc1ccc2c(c1)C(C)(C)CN2Cc1ccncc1. The molecule has 0 N–H and O–H groups in total. The molecular weight excluding hydrogens is 378 g/mol. The van der Waals surface area contributed by atoms with Gasteiger partial charge in [-0.15, -0.1) is 0 Å². The second-order valence-corrected chi connectivity index (χ2v) is 9.08. The second kappa shape index (κ2) is 8.64. The fraction of sp³-hybridized carbons (Fsp3) is 0.500. The molecule has 30 heavy (non-hydrogen) atoms. The van der Waals surface area contributed by atoms with Crippen LogP contribution in [0.1, 0.15) is 37.8 Å². The maximum absolute atomic E-state index is 12.6. The number of carbonyl (C=O) groups is 1. The van der Waals surface area contributed by atoms with Crippen LogP contribution in [0.25, 0.3) is 0 Å². The summed E-state index contributed by atoms with van der Waals surface area (Å²) in [5.74, 6) is 1.09. The van der Waals surface area contributed by atoms with E-state index < -0.39 is 0 Å². The van der Waals surface area contributed by atoms with Gasteiger partial charge in [0.1, 0.15) is 5.75 Å². The smallest absolute Gasteiger partial charge is 0.410 e. The number of hydrogen-bond acceptors (Lipinski definition) is 5. The Hall–Kier alpha value is -2.60. The summed E-state index contributed by atoms with van der Waals surface area (Å²) in [5.41, 5.74) is 3.64. The van der Waals surface area contributed by atoms with Crippen molar-refractivity contribution in [1.29, 1.82) is 0 Å². The Morgan fingerprint density at radius 2 is 1.97 bits per heavy atom. The van der Waals surface area contributed by atoms with Crippen LogP contribution in [0.2, 0.25) is 0 Å². The number of anilines is 1.